The van der Waals surface area contributed by atoms with Gasteiger partial charge in [0.15, 0.2) is 17.5 Å². The van der Waals surface area contributed by atoms with Crippen molar-refractivity contribution in [3.05, 3.63) is 17.2 Å². The first-order valence-electron chi connectivity index (χ1n) is 7.25. The Balaban J connectivity index is 3.44. The molecule has 0 aromatic heterocycles. The minimum Gasteiger partial charge on any atom is -0.504 e. The minimum absolute atomic E-state index is 0.197. The molecule has 2 amide bonds. The number of carbonyl (C=O) groups excluding carboxylic acids is 1. The molecule has 22 heavy (non-hydrogen) atoms. The quantitative estimate of drug-likeness (QED) is 0.387. The van der Waals surface area contributed by atoms with Crippen LogP contribution in [0.5, 0.6) is 11.5 Å². The first-order valence-corrected chi connectivity index (χ1v) is 7.25. The number of amides is 2. The Hall–Kier alpha value is -2.44. The van der Waals surface area contributed by atoms with Crippen molar-refractivity contribution in [2.45, 2.75) is 33.6 Å². The summed E-state index contributed by atoms with van der Waals surface area (Å²) in [7, 11) is 1.57. The van der Waals surface area contributed by atoms with E-state index in [1.54, 1.807) is 14.0 Å². The van der Waals surface area contributed by atoms with Crippen LogP contribution in [0.25, 0.3) is 0 Å². The molecule has 0 aliphatic carbocycles. The zero-order valence-electron chi connectivity index (χ0n) is 13.5. The van der Waals surface area contributed by atoms with Crippen LogP contribution < -0.4 is 10.6 Å². The molecule has 0 unspecified atom stereocenters. The molecule has 0 aliphatic heterocycles. The predicted octanol–water partition coefficient (Wildman–Crippen LogP) is 1.99. The Morgan fingerprint density at radius 2 is 1.86 bits per heavy atom. The third kappa shape index (κ3) is 3.08. The zero-order valence-corrected chi connectivity index (χ0v) is 13.5. The van der Waals surface area contributed by atoms with E-state index in [0.717, 1.165) is 10.5 Å². The predicted molar refractivity (Wildman–Crippen MR) is 86.6 cm³/mol. The summed E-state index contributed by atoms with van der Waals surface area (Å²) in [5.74, 6) is -0.754. The second-order valence-corrected chi connectivity index (χ2v) is 4.91. The highest BCUT2D eigenvalue weighted by Gasteiger charge is 2.26. The van der Waals surface area contributed by atoms with Crippen LogP contribution in [0.1, 0.15) is 31.9 Å². The lowest BCUT2D eigenvalue weighted by Gasteiger charge is -2.29. The highest BCUT2D eigenvalue weighted by Crippen LogP contribution is 2.40. The van der Waals surface area contributed by atoms with Crippen LogP contribution in [0, 0.1) is 5.41 Å². The van der Waals surface area contributed by atoms with E-state index in [-0.39, 0.29) is 24.0 Å². The zero-order chi connectivity index (χ0) is 17.0. The van der Waals surface area contributed by atoms with Gasteiger partial charge >= 0.3 is 6.03 Å². The van der Waals surface area contributed by atoms with Gasteiger partial charge in [-0.05, 0) is 31.4 Å². The maximum absolute atomic E-state index is 12.5. The van der Waals surface area contributed by atoms with Crippen molar-refractivity contribution < 1.29 is 15.0 Å². The molecule has 0 spiro atoms. The van der Waals surface area contributed by atoms with E-state index in [4.69, 9.17) is 11.1 Å². The van der Waals surface area contributed by atoms with Crippen molar-refractivity contribution in [1.29, 1.82) is 5.41 Å². The molecule has 0 heterocycles. The number of phenols is 2. The normalized spacial score (nSPS) is 10.4. The number of rotatable bonds is 4. The van der Waals surface area contributed by atoms with E-state index in [9.17, 15) is 15.0 Å². The first kappa shape index (κ1) is 17.6. The summed E-state index contributed by atoms with van der Waals surface area (Å²) in [5, 5.41) is 27.4. The van der Waals surface area contributed by atoms with Crippen molar-refractivity contribution in [2.75, 3.05) is 18.5 Å². The van der Waals surface area contributed by atoms with Gasteiger partial charge in [0, 0.05) is 19.2 Å². The standard InChI is InChI=1S/C15H24N4O3/c1-5-9-8-11(20)13(21)10(6-2)12(9)18(4)15(22)19(7-3)14(16)17/h8,20-21H,5-7H2,1-4H3,(H3,16,17). The molecule has 0 aliphatic rings. The lowest BCUT2D eigenvalue weighted by Crippen LogP contribution is -2.48. The van der Waals surface area contributed by atoms with E-state index in [0.29, 0.717) is 24.1 Å². The van der Waals surface area contributed by atoms with Crippen molar-refractivity contribution in [3.63, 3.8) is 0 Å². The lowest BCUT2D eigenvalue weighted by molar-refractivity contribution is 0.229. The van der Waals surface area contributed by atoms with Gasteiger partial charge < -0.3 is 15.9 Å². The number of hydrogen-bond donors (Lipinski definition) is 4. The molecular weight excluding hydrogens is 284 g/mol. The van der Waals surface area contributed by atoms with Crippen molar-refractivity contribution in [3.8, 4) is 11.5 Å². The summed E-state index contributed by atoms with van der Waals surface area (Å²) in [4.78, 5) is 15.0. The Labute approximate surface area is 130 Å². The summed E-state index contributed by atoms with van der Waals surface area (Å²) >= 11 is 0. The number of aromatic hydroxyl groups is 2. The van der Waals surface area contributed by atoms with Crippen LogP contribution in [0.2, 0.25) is 0 Å². The fraction of sp³-hybridized carbons (Fsp3) is 0.467. The molecule has 7 heteroatoms. The van der Waals surface area contributed by atoms with Crippen LogP contribution in [0.15, 0.2) is 6.07 Å². The minimum atomic E-state index is -0.454. The number of phenolic OH excluding ortho intramolecular Hbond substituents is 2. The van der Waals surface area contributed by atoms with Gasteiger partial charge in [-0.25, -0.2) is 4.79 Å². The van der Waals surface area contributed by atoms with E-state index < -0.39 is 6.03 Å². The SMILES string of the molecule is CCc1cc(O)c(O)c(CC)c1N(C)C(=O)N(CC)C(=N)N. The van der Waals surface area contributed by atoms with Crippen LogP contribution in [-0.4, -0.2) is 40.7 Å². The monoisotopic (exact) mass is 308 g/mol. The molecule has 0 atom stereocenters. The summed E-state index contributed by atoms with van der Waals surface area (Å²) < 4.78 is 0. The summed E-state index contributed by atoms with van der Waals surface area (Å²) in [6.07, 6.45) is 1.03. The topological polar surface area (TPSA) is 114 Å². The van der Waals surface area contributed by atoms with Gasteiger partial charge in [-0.1, -0.05) is 13.8 Å². The van der Waals surface area contributed by atoms with Crippen LogP contribution in [0.4, 0.5) is 10.5 Å². The number of carbonyl (C=O) groups is 1. The molecular formula is C15H24N4O3. The van der Waals surface area contributed by atoms with Crippen LogP contribution in [0.3, 0.4) is 0 Å². The van der Waals surface area contributed by atoms with E-state index >= 15 is 0 Å². The van der Waals surface area contributed by atoms with Crippen molar-refractivity contribution >= 4 is 17.7 Å². The number of aryl methyl sites for hydroxylation is 1. The second-order valence-electron chi connectivity index (χ2n) is 4.91. The van der Waals surface area contributed by atoms with E-state index in [2.05, 4.69) is 0 Å². The number of nitrogens with one attached hydrogen (secondary N) is 1. The van der Waals surface area contributed by atoms with Crippen LogP contribution in [-0.2, 0) is 12.8 Å². The van der Waals surface area contributed by atoms with Gasteiger partial charge in [-0.2, -0.15) is 0 Å². The molecule has 0 bridgehead atoms. The van der Waals surface area contributed by atoms with Crippen molar-refractivity contribution in [2.24, 2.45) is 5.73 Å². The van der Waals surface area contributed by atoms with Gasteiger partial charge in [0.2, 0.25) is 0 Å². The number of nitrogens with zero attached hydrogens (tertiary/aromatic N) is 2. The smallest absolute Gasteiger partial charge is 0.331 e. The fourth-order valence-corrected chi connectivity index (χ4v) is 2.47. The Morgan fingerprint density at radius 1 is 1.27 bits per heavy atom. The van der Waals surface area contributed by atoms with E-state index in [1.165, 1.54) is 11.0 Å². The second kappa shape index (κ2) is 7.02. The molecule has 7 nitrogen and oxygen atoms in total. The van der Waals surface area contributed by atoms with Gasteiger partial charge in [0.25, 0.3) is 0 Å². The lowest BCUT2D eigenvalue weighted by atomic mass is 10.00. The number of hydrogen-bond acceptors (Lipinski definition) is 4. The summed E-state index contributed by atoms with van der Waals surface area (Å²) in [5.41, 5.74) is 7.21. The van der Waals surface area contributed by atoms with Crippen LogP contribution >= 0.6 is 0 Å². The number of guanidine groups is 1. The number of benzene rings is 1. The number of nitrogens with two attached hydrogens (primary N) is 1. The Bertz CT molecular complexity index is 587. The number of urea groups is 1. The fourth-order valence-electron chi connectivity index (χ4n) is 2.47. The van der Waals surface area contributed by atoms with Gasteiger partial charge in [0.05, 0.1) is 5.69 Å². The van der Waals surface area contributed by atoms with Gasteiger partial charge in [-0.15, -0.1) is 0 Å². The summed E-state index contributed by atoms with van der Waals surface area (Å²) in [6, 6.07) is 1.00. The van der Waals surface area contributed by atoms with Gasteiger partial charge in [-0.3, -0.25) is 15.2 Å². The third-order valence-electron chi connectivity index (χ3n) is 3.62. The maximum Gasteiger partial charge on any atom is 0.331 e. The highest BCUT2D eigenvalue weighted by atomic mass is 16.3. The molecule has 122 valence electrons. The summed E-state index contributed by atoms with van der Waals surface area (Å²) in [6.45, 7) is 5.72. The van der Waals surface area contributed by atoms with Gasteiger partial charge in [0.1, 0.15) is 0 Å². The Morgan fingerprint density at radius 3 is 2.27 bits per heavy atom. The largest absolute Gasteiger partial charge is 0.504 e. The molecule has 0 fully saturated rings. The molecule has 0 saturated carbocycles. The molecule has 1 aromatic rings. The molecule has 1 aromatic carbocycles. The number of anilines is 1. The molecule has 5 N–H and O–H groups in total. The Kier molecular flexibility index (Phi) is 5.62. The molecule has 0 saturated heterocycles. The average molecular weight is 308 g/mol. The third-order valence-corrected chi connectivity index (χ3v) is 3.62. The molecule has 0 radical (unpaired) electrons. The highest BCUT2D eigenvalue weighted by molar-refractivity contribution is 6.03. The first-order chi connectivity index (χ1) is 10.3. The van der Waals surface area contributed by atoms with Crippen molar-refractivity contribution in [1.82, 2.24) is 4.90 Å². The van der Waals surface area contributed by atoms with E-state index in [1.807, 2.05) is 13.8 Å². The average Bonchev–Trinajstić information content (AvgIpc) is 2.48. The molecule has 1 rings (SSSR count). The maximum atomic E-state index is 12.5.